The first-order valence-corrected chi connectivity index (χ1v) is 8.88. The van der Waals surface area contributed by atoms with Gasteiger partial charge in [-0.15, -0.1) is 12.3 Å². The summed E-state index contributed by atoms with van der Waals surface area (Å²) in [6.07, 6.45) is 7.97. The number of hydrogen-bond acceptors (Lipinski definition) is 6. The van der Waals surface area contributed by atoms with Crippen LogP contribution in [0.1, 0.15) is 31.2 Å². The van der Waals surface area contributed by atoms with Crippen LogP contribution in [0, 0.1) is 12.3 Å². The lowest BCUT2D eigenvalue weighted by Gasteiger charge is -2.10. The Bertz CT molecular complexity index is 747. The molecule has 2 rings (SSSR count). The first-order valence-electron chi connectivity index (χ1n) is 6.85. The fourth-order valence-electron chi connectivity index (χ4n) is 1.95. The van der Waals surface area contributed by atoms with E-state index in [1.807, 2.05) is 4.72 Å². The maximum Gasteiger partial charge on any atom is 0.239 e. The molecule has 9 heteroatoms. The monoisotopic (exact) mass is 354 g/mol. The second kappa shape index (κ2) is 7.06. The van der Waals surface area contributed by atoms with Crippen molar-refractivity contribution in [3.8, 4) is 12.3 Å². The summed E-state index contributed by atoms with van der Waals surface area (Å²) in [4.78, 5) is 15.6. The van der Waals surface area contributed by atoms with E-state index >= 15 is 0 Å². The summed E-state index contributed by atoms with van der Waals surface area (Å²) >= 11 is 5.63. The van der Waals surface area contributed by atoms with Gasteiger partial charge >= 0.3 is 0 Å². The van der Waals surface area contributed by atoms with E-state index in [9.17, 15) is 13.2 Å². The molecule has 7 nitrogen and oxygen atoms in total. The highest BCUT2D eigenvalue weighted by atomic mass is 35.5. The average Bonchev–Trinajstić information content (AvgIpc) is 3.25. The summed E-state index contributed by atoms with van der Waals surface area (Å²) in [6.45, 7) is 0. The maximum absolute atomic E-state index is 11.9. The van der Waals surface area contributed by atoms with Crippen molar-refractivity contribution in [2.45, 2.75) is 37.1 Å². The molecule has 0 spiro atoms. The van der Waals surface area contributed by atoms with Gasteiger partial charge < -0.3 is 0 Å². The molecule has 1 aliphatic heterocycles. The third-order valence-electron chi connectivity index (χ3n) is 3.22. The van der Waals surface area contributed by atoms with Crippen LogP contribution in [0.25, 0.3) is 0 Å². The molecule has 0 saturated carbocycles. The second-order valence-electron chi connectivity index (χ2n) is 5.16. The molecule has 1 aliphatic rings. The smallest absolute Gasteiger partial charge is 0.239 e. The Morgan fingerprint density at radius 3 is 2.65 bits per heavy atom. The highest BCUT2D eigenvalue weighted by molar-refractivity contribution is 7.89. The van der Waals surface area contributed by atoms with Gasteiger partial charge in [0.15, 0.2) is 5.66 Å². The number of nitrogens with zero attached hydrogens (tertiary/aromatic N) is 3. The lowest BCUT2D eigenvalue weighted by atomic mass is 10.0. The van der Waals surface area contributed by atoms with Crippen molar-refractivity contribution in [1.82, 2.24) is 9.71 Å². The molecule has 0 saturated heterocycles. The molecule has 0 aromatic carbocycles. The van der Waals surface area contributed by atoms with Crippen LogP contribution in [0.5, 0.6) is 0 Å². The van der Waals surface area contributed by atoms with Gasteiger partial charge in [-0.05, 0) is 11.6 Å². The Morgan fingerprint density at radius 1 is 1.35 bits per heavy atom. The number of pyridine rings is 1. The Labute approximate surface area is 139 Å². The van der Waals surface area contributed by atoms with Crippen molar-refractivity contribution in [2.24, 2.45) is 10.2 Å². The number of halogens is 1. The van der Waals surface area contributed by atoms with Crippen molar-refractivity contribution in [2.75, 3.05) is 0 Å². The summed E-state index contributed by atoms with van der Waals surface area (Å²) in [5.41, 5.74) is -0.166. The van der Waals surface area contributed by atoms with E-state index in [-0.39, 0.29) is 17.3 Å². The topological polar surface area (TPSA) is 101 Å². The van der Waals surface area contributed by atoms with Gasteiger partial charge in [-0.1, -0.05) is 17.7 Å². The zero-order chi connectivity index (χ0) is 16.9. The van der Waals surface area contributed by atoms with Gasteiger partial charge in [0.1, 0.15) is 5.15 Å². The average molecular weight is 355 g/mol. The van der Waals surface area contributed by atoms with Crippen molar-refractivity contribution >= 4 is 27.5 Å². The number of terminal acetylenes is 1. The van der Waals surface area contributed by atoms with Crippen LogP contribution in [0.4, 0.5) is 0 Å². The molecule has 0 unspecified atom stereocenters. The highest BCUT2D eigenvalue weighted by Gasteiger charge is 2.39. The molecular weight excluding hydrogens is 340 g/mol. The molecule has 0 atom stereocenters. The minimum Gasteiger partial charge on any atom is -0.274 e. The van der Waals surface area contributed by atoms with E-state index in [0.29, 0.717) is 24.8 Å². The van der Waals surface area contributed by atoms with Crippen LogP contribution >= 0.6 is 11.6 Å². The molecular formula is C14H15ClN4O3S. The van der Waals surface area contributed by atoms with Crippen LogP contribution in [0.15, 0.2) is 28.6 Å². The van der Waals surface area contributed by atoms with Crippen LogP contribution in [0.2, 0.25) is 5.15 Å². The number of carbonyl (C=O) groups excluding carboxylic acids is 1. The molecule has 0 bridgehead atoms. The molecule has 122 valence electrons. The Kier molecular flexibility index (Phi) is 5.34. The molecule has 0 radical (unpaired) electrons. The first kappa shape index (κ1) is 17.4. The van der Waals surface area contributed by atoms with Crippen molar-refractivity contribution in [3.63, 3.8) is 0 Å². The summed E-state index contributed by atoms with van der Waals surface area (Å²) < 4.78 is 25.9. The van der Waals surface area contributed by atoms with Gasteiger partial charge in [-0.3, -0.25) is 9.52 Å². The van der Waals surface area contributed by atoms with Crippen molar-refractivity contribution in [1.29, 1.82) is 0 Å². The van der Waals surface area contributed by atoms with E-state index in [1.165, 1.54) is 18.3 Å². The maximum atomic E-state index is 11.9. The fourth-order valence-corrected chi connectivity index (χ4v) is 3.20. The van der Waals surface area contributed by atoms with Gasteiger partial charge in [0.05, 0.1) is 5.75 Å². The van der Waals surface area contributed by atoms with Gasteiger partial charge in [0.25, 0.3) is 0 Å². The van der Waals surface area contributed by atoms with Gasteiger partial charge in [-0.25, -0.2) is 13.4 Å². The number of sulfonamides is 1. The third kappa shape index (κ3) is 5.62. The molecule has 1 aromatic heterocycles. The van der Waals surface area contributed by atoms with Crippen molar-refractivity contribution < 1.29 is 13.2 Å². The molecule has 2 heterocycles. The number of hydrogen-bond donors (Lipinski definition) is 1. The van der Waals surface area contributed by atoms with E-state index in [1.54, 1.807) is 0 Å². The predicted octanol–water partition coefficient (Wildman–Crippen LogP) is 2.04. The summed E-state index contributed by atoms with van der Waals surface area (Å²) in [7, 11) is -3.79. The fraction of sp³-hybridized carbons (Fsp3) is 0.429. The highest BCUT2D eigenvalue weighted by Crippen LogP contribution is 2.37. The third-order valence-corrected chi connectivity index (χ3v) is 4.70. The zero-order valence-electron chi connectivity index (χ0n) is 12.2. The van der Waals surface area contributed by atoms with Crippen LogP contribution < -0.4 is 4.72 Å². The van der Waals surface area contributed by atoms with E-state index in [0.717, 1.165) is 0 Å². The molecule has 1 N–H and O–H groups in total. The lowest BCUT2D eigenvalue weighted by molar-refractivity contribution is -0.119. The molecule has 0 fully saturated rings. The van der Waals surface area contributed by atoms with E-state index < -0.39 is 21.6 Å². The van der Waals surface area contributed by atoms with Crippen LogP contribution in [-0.2, 0) is 20.6 Å². The van der Waals surface area contributed by atoms with E-state index in [4.69, 9.17) is 18.0 Å². The number of nitrogens with one attached hydrogen (secondary N) is 1. The standard InChI is InChI=1S/C14H15ClN4O3S/c1-2-3-7-14(18-19-14)8-6-13(20)17-23(21,22)10-11-4-5-12(15)16-9-11/h1,4-5,9H,3,6-8,10H2,(H,17,20). The number of amides is 1. The van der Waals surface area contributed by atoms with Crippen LogP contribution in [0.3, 0.4) is 0 Å². The SMILES string of the molecule is C#CCCC1(CCC(=O)NS(=O)(=O)Cc2ccc(Cl)nc2)N=N1. The van der Waals surface area contributed by atoms with Gasteiger partial charge in [-0.2, -0.15) is 10.2 Å². The Balaban J connectivity index is 1.82. The quantitative estimate of drug-likeness (QED) is 0.570. The minimum atomic E-state index is -3.79. The first-order chi connectivity index (χ1) is 10.8. The summed E-state index contributed by atoms with van der Waals surface area (Å²) in [5.74, 6) is 1.55. The number of aromatic nitrogens is 1. The molecule has 1 aromatic rings. The molecule has 1 amide bonds. The minimum absolute atomic E-state index is 0.00959. The Morgan fingerprint density at radius 2 is 2.09 bits per heavy atom. The molecule has 0 aliphatic carbocycles. The van der Waals surface area contributed by atoms with E-state index in [2.05, 4.69) is 21.1 Å². The van der Waals surface area contributed by atoms with Gasteiger partial charge in [0.2, 0.25) is 15.9 Å². The van der Waals surface area contributed by atoms with Crippen LogP contribution in [-0.4, -0.2) is 25.0 Å². The predicted molar refractivity (Wildman–Crippen MR) is 84.9 cm³/mol. The lowest BCUT2D eigenvalue weighted by Crippen LogP contribution is -2.32. The normalized spacial score (nSPS) is 15.0. The number of rotatable bonds is 8. The molecule has 23 heavy (non-hydrogen) atoms. The second-order valence-corrected chi connectivity index (χ2v) is 7.27. The largest absolute Gasteiger partial charge is 0.274 e. The summed E-state index contributed by atoms with van der Waals surface area (Å²) in [5, 5.41) is 8.06. The number of carbonyl (C=O) groups is 1. The summed E-state index contributed by atoms with van der Waals surface area (Å²) in [6, 6.07) is 3.02. The Hall–Kier alpha value is -1.98. The zero-order valence-corrected chi connectivity index (χ0v) is 13.8. The van der Waals surface area contributed by atoms with Gasteiger partial charge in [0, 0.05) is 31.9 Å². The van der Waals surface area contributed by atoms with Crippen molar-refractivity contribution in [3.05, 3.63) is 29.0 Å².